The van der Waals surface area contributed by atoms with E-state index >= 15 is 0 Å². The fraction of sp³-hybridized carbons (Fsp3) is 0.348. The van der Waals surface area contributed by atoms with Crippen LogP contribution in [0.2, 0.25) is 0 Å². The lowest BCUT2D eigenvalue weighted by atomic mass is 10.1. The zero-order valence-corrected chi connectivity index (χ0v) is 16.5. The average Bonchev–Trinajstić information content (AvgIpc) is 3.17. The number of nitrogens with one attached hydrogen (secondary N) is 1. The topological polar surface area (TPSA) is 69.3 Å². The number of carbonyl (C=O) groups is 2. The number of benzene rings is 1. The average molecular weight is 390 g/mol. The van der Waals surface area contributed by atoms with Crippen LogP contribution in [-0.2, 0) is 22.4 Å². The van der Waals surface area contributed by atoms with Crippen LogP contribution in [-0.4, -0.2) is 57.8 Å². The molecule has 0 spiro atoms. The number of pyridine rings is 1. The number of hydrogen-bond donors (Lipinski definition) is 1. The molecule has 1 aliphatic rings. The summed E-state index contributed by atoms with van der Waals surface area (Å²) in [5.74, 6) is 0.302. The summed E-state index contributed by atoms with van der Waals surface area (Å²) in [5, 5.41) is 1.10. The number of aryl methyl sites for hydroxylation is 1. The van der Waals surface area contributed by atoms with Crippen LogP contribution < -0.4 is 0 Å². The SMILES string of the molecule is O=C(CCCc1cccnc1)N1CCN(C(=O)Cc2c[nH]c3ccccc23)CC1. The zero-order valence-electron chi connectivity index (χ0n) is 16.5. The Morgan fingerprint density at radius 2 is 1.72 bits per heavy atom. The van der Waals surface area contributed by atoms with E-state index in [2.05, 4.69) is 9.97 Å². The fourth-order valence-corrected chi connectivity index (χ4v) is 3.91. The van der Waals surface area contributed by atoms with E-state index in [0.29, 0.717) is 39.0 Å². The summed E-state index contributed by atoms with van der Waals surface area (Å²) < 4.78 is 0. The highest BCUT2D eigenvalue weighted by Gasteiger charge is 2.24. The summed E-state index contributed by atoms with van der Waals surface area (Å²) >= 11 is 0. The van der Waals surface area contributed by atoms with Gasteiger partial charge in [-0.1, -0.05) is 24.3 Å². The number of fused-ring (bicyclic) bond motifs is 1. The minimum absolute atomic E-state index is 0.124. The molecule has 0 atom stereocenters. The number of para-hydroxylation sites is 1. The summed E-state index contributed by atoms with van der Waals surface area (Å²) in [4.78, 5) is 36.3. The Hall–Kier alpha value is -3.15. The number of rotatable bonds is 6. The van der Waals surface area contributed by atoms with Crippen LogP contribution in [0.15, 0.2) is 55.0 Å². The van der Waals surface area contributed by atoms with Crippen LogP contribution in [0.25, 0.3) is 10.9 Å². The second-order valence-electron chi connectivity index (χ2n) is 7.51. The highest BCUT2D eigenvalue weighted by atomic mass is 16.2. The summed E-state index contributed by atoms with van der Waals surface area (Å²) in [6, 6.07) is 12.0. The Balaban J connectivity index is 1.23. The minimum atomic E-state index is 0.124. The quantitative estimate of drug-likeness (QED) is 0.704. The second-order valence-corrected chi connectivity index (χ2v) is 7.51. The van der Waals surface area contributed by atoms with E-state index in [1.54, 1.807) is 6.20 Å². The Labute approximate surface area is 170 Å². The Morgan fingerprint density at radius 1 is 0.966 bits per heavy atom. The van der Waals surface area contributed by atoms with Gasteiger partial charge in [0.1, 0.15) is 0 Å². The predicted molar refractivity (Wildman–Crippen MR) is 112 cm³/mol. The van der Waals surface area contributed by atoms with Gasteiger partial charge in [-0.25, -0.2) is 0 Å². The van der Waals surface area contributed by atoms with E-state index in [4.69, 9.17) is 0 Å². The number of piperazine rings is 1. The third-order valence-corrected chi connectivity index (χ3v) is 5.58. The maximum Gasteiger partial charge on any atom is 0.227 e. The van der Waals surface area contributed by atoms with Gasteiger partial charge in [-0.05, 0) is 36.1 Å². The van der Waals surface area contributed by atoms with Crippen molar-refractivity contribution in [2.45, 2.75) is 25.7 Å². The lowest BCUT2D eigenvalue weighted by molar-refractivity contribution is -0.139. The fourth-order valence-electron chi connectivity index (χ4n) is 3.91. The third kappa shape index (κ3) is 4.65. The molecule has 6 nitrogen and oxygen atoms in total. The molecule has 3 aromatic rings. The molecule has 1 N–H and O–H groups in total. The van der Waals surface area contributed by atoms with Gasteiger partial charge in [-0.3, -0.25) is 14.6 Å². The van der Waals surface area contributed by atoms with Crippen molar-refractivity contribution in [1.29, 1.82) is 0 Å². The van der Waals surface area contributed by atoms with Crippen LogP contribution in [0.4, 0.5) is 0 Å². The van der Waals surface area contributed by atoms with E-state index in [1.165, 1.54) is 0 Å². The molecular weight excluding hydrogens is 364 g/mol. The van der Waals surface area contributed by atoms with E-state index in [0.717, 1.165) is 34.9 Å². The molecule has 0 saturated carbocycles. The van der Waals surface area contributed by atoms with Gasteiger partial charge in [0, 0.05) is 62.1 Å². The number of H-pyrrole nitrogens is 1. The highest BCUT2D eigenvalue weighted by molar-refractivity contribution is 5.89. The first-order valence-corrected chi connectivity index (χ1v) is 10.2. The number of aromatic amines is 1. The Morgan fingerprint density at radius 3 is 2.48 bits per heavy atom. The van der Waals surface area contributed by atoms with Crippen molar-refractivity contribution in [2.24, 2.45) is 0 Å². The molecular formula is C23H26N4O2. The van der Waals surface area contributed by atoms with Gasteiger partial charge < -0.3 is 14.8 Å². The molecule has 6 heteroatoms. The number of amides is 2. The van der Waals surface area contributed by atoms with E-state index in [9.17, 15) is 9.59 Å². The van der Waals surface area contributed by atoms with Crippen molar-refractivity contribution in [3.8, 4) is 0 Å². The third-order valence-electron chi connectivity index (χ3n) is 5.58. The molecule has 1 fully saturated rings. The van der Waals surface area contributed by atoms with Crippen LogP contribution in [0, 0.1) is 0 Å². The smallest absolute Gasteiger partial charge is 0.227 e. The van der Waals surface area contributed by atoms with Gasteiger partial charge in [0.15, 0.2) is 0 Å². The first kappa shape index (κ1) is 19.2. The van der Waals surface area contributed by atoms with Gasteiger partial charge >= 0.3 is 0 Å². The van der Waals surface area contributed by atoms with Crippen LogP contribution >= 0.6 is 0 Å². The lowest BCUT2D eigenvalue weighted by Gasteiger charge is -2.35. The molecule has 150 valence electrons. The van der Waals surface area contributed by atoms with Crippen LogP contribution in [0.5, 0.6) is 0 Å². The molecule has 0 aliphatic carbocycles. The standard InChI is InChI=1S/C23H26N4O2/c28-22(9-3-5-18-6-4-10-24-16-18)26-11-13-27(14-12-26)23(29)15-19-17-25-21-8-2-1-7-20(19)21/h1-2,4,6-8,10,16-17,25H,3,5,9,11-15H2. The van der Waals surface area contributed by atoms with Crippen molar-refractivity contribution in [1.82, 2.24) is 19.8 Å². The molecule has 2 amide bonds. The summed E-state index contributed by atoms with van der Waals surface area (Å²) in [6.07, 6.45) is 8.15. The predicted octanol–water partition coefficient (Wildman–Crippen LogP) is 2.80. The molecule has 1 saturated heterocycles. The van der Waals surface area contributed by atoms with Gasteiger partial charge in [0.25, 0.3) is 0 Å². The maximum absolute atomic E-state index is 12.7. The summed E-state index contributed by atoms with van der Waals surface area (Å²) in [5.41, 5.74) is 3.24. The number of nitrogens with zero attached hydrogens (tertiary/aromatic N) is 3. The summed E-state index contributed by atoms with van der Waals surface area (Å²) in [7, 11) is 0. The number of hydrogen-bond acceptors (Lipinski definition) is 3. The molecule has 4 rings (SSSR count). The molecule has 0 unspecified atom stereocenters. The van der Waals surface area contributed by atoms with Crippen molar-refractivity contribution in [3.63, 3.8) is 0 Å². The largest absolute Gasteiger partial charge is 0.361 e. The van der Waals surface area contributed by atoms with Crippen LogP contribution in [0.3, 0.4) is 0 Å². The highest BCUT2D eigenvalue weighted by Crippen LogP contribution is 2.19. The molecule has 0 bridgehead atoms. The molecule has 29 heavy (non-hydrogen) atoms. The Bertz CT molecular complexity index is 975. The summed E-state index contributed by atoms with van der Waals surface area (Å²) in [6.45, 7) is 2.45. The minimum Gasteiger partial charge on any atom is -0.361 e. The molecule has 1 aromatic carbocycles. The normalized spacial score (nSPS) is 14.3. The van der Waals surface area contributed by atoms with Gasteiger partial charge in [-0.15, -0.1) is 0 Å². The number of carbonyl (C=O) groups excluding carboxylic acids is 2. The van der Waals surface area contributed by atoms with Crippen molar-refractivity contribution >= 4 is 22.7 Å². The van der Waals surface area contributed by atoms with Gasteiger partial charge in [-0.2, -0.15) is 0 Å². The monoisotopic (exact) mass is 390 g/mol. The molecule has 3 heterocycles. The first-order chi connectivity index (χ1) is 14.2. The van der Waals surface area contributed by atoms with Crippen molar-refractivity contribution in [3.05, 3.63) is 66.1 Å². The number of aromatic nitrogens is 2. The van der Waals surface area contributed by atoms with E-state index in [-0.39, 0.29) is 11.8 Å². The van der Waals surface area contributed by atoms with Crippen molar-refractivity contribution < 1.29 is 9.59 Å². The maximum atomic E-state index is 12.7. The van der Waals surface area contributed by atoms with Crippen LogP contribution in [0.1, 0.15) is 24.0 Å². The van der Waals surface area contributed by atoms with Gasteiger partial charge in [0.05, 0.1) is 6.42 Å². The first-order valence-electron chi connectivity index (χ1n) is 10.2. The van der Waals surface area contributed by atoms with E-state index in [1.807, 2.05) is 58.6 Å². The lowest BCUT2D eigenvalue weighted by Crippen LogP contribution is -2.51. The second kappa shape index (κ2) is 8.90. The zero-order chi connectivity index (χ0) is 20.1. The molecule has 0 radical (unpaired) electrons. The van der Waals surface area contributed by atoms with Gasteiger partial charge in [0.2, 0.25) is 11.8 Å². The molecule has 1 aliphatic heterocycles. The van der Waals surface area contributed by atoms with Crippen molar-refractivity contribution in [2.75, 3.05) is 26.2 Å². The molecule has 2 aromatic heterocycles. The van der Waals surface area contributed by atoms with E-state index < -0.39 is 0 Å². The Kier molecular flexibility index (Phi) is 5.89.